The van der Waals surface area contributed by atoms with Gasteiger partial charge in [0.15, 0.2) is 0 Å². The average molecular weight is 287 g/mol. The molecule has 0 aliphatic rings. The van der Waals surface area contributed by atoms with Crippen molar-refractivity contribution in [3.63, 3.8) is 0 Å². The van der Waals surface area contributed by atoms with Crippen LogP contribution in [0.1, 0.15) is 17.3 Å². The highest BCUT2D eigenvalue weighted by Gasteiger charge is 2.23. The normalized spacial score (nSPS) is 10.3. The lowest BCUT2D eigenvalue weighted by atomic mass is 10.1. The Labute approximate surface area is 116 Å². The summed E-state index contributed by atoms with van der Waals surface area (Å²) in [5.41, 5.74) is -0.269. The largest absolute Gasteiger partial charge is 0.380 e. The number of nitro benzene ring substituents is 1. The minimum atomic E-state index is -0.597. The number of hydrogen-bond donors (Lipinski definition) is 0. The van der Waals surface area contributed by atoms with E-state index < -0.39 is 10.8 Å². The van der Waals surface area contributed by atoms with Crippen molar-refractivity contribution in [3.8, 4) is 0 Å². The highest BCUT2D eigenvalue weighted by molar-refractivity contribution is 6.31. The molecule has 0 aromatic heterocycles. The first-order valence-corrected chi connectivity index (χ1v) is 6.12. The van der Waals surface area contributed by atoms with Crippen molar-refractivity contribution >= 4 is 23.2 Å². The molecule has 0 N–H and O–H groups in total. The Kier molecular flexibility index (Phi) is 5.72. The van der Waals surface area contributed by atoms with E-state index in [2.05, 4.69) is 0 Å². The van der Waals surface area contributed by atoms with Crippen LogP contribution < -0.4 is 0 Å². The Hall–Kier alpha value is -1.66. The van der Waals surface area contributed by atoms with E-state index in [4.69, 9.17) is 16.3 Å². The van der Waals surface area contributed by atoms with E-state index in [9.17, 15) is 14.9 Å². The molecule has 7 heteroatoms. The lowest BCUT2D eigenvalue weighted by Crippen LogP contribution is -2.30. The fourth-order valence-corrected chi connectivity index (χ4v) is 1.66. The SMILES string of the molecule is CCOCCN(C)C(=O)c1cc(Cl)ccc1[N+](=O)[O-]. The van der Waals surface area contributed by atoms with Crippen molar-refractivity contribution < 1.29 is 14.5 Å². The van der Waals surface area contributed by atoms with Gasteiger partial charge >= 0.3 is 0 Å². The molecule has 0 unspecified atom stereocenters. The van der Waals surface area contributed by atoms with Gasteiger partial charge in [0.25, 0.3) is 11.6 Å². The van der Waals surface area contributed by atoms with E-state index in [-0.39, 0.29) is 16.3 Å². The van der Waals surface area contributed by atoms with Gasteiger partial charge in [0.05, 0.1) is 11.5 Å². The zero-order valence-electron chi connectivity index (χ0n) is 10.8. The van der Waals surface area contributed by atoms with Crippen LogP contribution in [-0.2, 0) is 4.74 Å². The van der Waals surface area contributed by atoms with Crippen LogP contribution in [0.4, 0.5) is 5.69 Å². The lowest BCUT2D eigenvalue weighted by Gasteiger charge is -2.17. The molecule has 0 saturated carbocycles. The van der Waals surface area contributed by atoms with Crippen LogP contribution >= 0.6 is 11.6 Å². The molecule has 0 aliphatic carbocycles. The summed E-state index contributed by atoms with van der Waals surface area (Å²) in [5.74, 6) is -0.450. The Morgan fingerprint density at radius 1 is 1.53 bits per heavy atom. The molecule has 1 aromatic carbocycles. The average Bonchev–Trinajstić information content (AvgIpc) is 2.37. The van der Waals surface area contributed by atoms with E-state index in [1.807, 2.05) is 6.92 Å². The number of rotatable bonds is 6. The minimum absolute atomic E-state index is 0.0171. The molecule has 0 heterocycles. The molecule has 0 aliphatic heterocycles. The second-order valence-electron chi connectivity index (χ2n) is 3.84. The second kappa shape index (κ2) is 7.06. The van der Waals surface area contributed by atoms with Crippen LogP contribution in [0.3, 0.4) is 0 Å². The molecular weight excluding hydrogens is 272 g/mol. The first-order valence-electron chi connectivity index (χ1n) is 5.74. The van der Waals surface area contributed by atoms with E-state index in [1.54, 1.807) is 7.05 Å². The van der Waals surface area contributed by atoms with Gasteiger partial charge in [0.2, 0.25) is 0 Å². The van der Waals surface area contributed by atoms with E-state index >= 15 is 0 Å². The molecular formula is C12H15ClN2O4. The molecule has 19 heavy (non-hydrogen) atoms. The summed E-state index contributed by atoms with van der Waals surface area (Å²) in [5, 5.41) is 11.2. The van der Waals surface area contributed by atoms with Crippen LogP contribution in [0.2, 0.25) is 5.02 Å². The number of amides is 1. The number of ether oxygens (including phenoxy) is 1. The number of halogens is 1. The Balaban J connectivity index is 2.91. The number of nitrogens with zero attached hydrogens (tertiary/aromatic N) is 2. The predicted octanol–water partition coefficient (Wildman–Crippen LogP) is 2.36. The molecule has 0 saturated heterocycles. The van der Waals surface area contributed by atoms with Gasteiger partial charge in [-0.15, -0.1) is 0 Å². The molecule has 1 amide bonds. The van der Waals surface area contributed by atoms with Gasteiger partial charge in [-0.3, -0.25) is 14.9 Å². The summed E-state index contributed by atoms with van der Waals surface area (Å²) in [6, 6.07) is 3.92. The zero-order valence-corrected chi connectivity index (χ0v) is 11.5. The lowest BCUT2D eigenvalue weighted by molar-refractivity contribution is -0.385. The third-order valence-corrected chi connectivity index (χ3v) is 2.74. The minimum Gasteiger partial charge on any atom is -0.380 e. The van der Waals surface area contributed by atoms with Gasteiger partial charge in [-0.05, 0) is 19.1 Å². The van der Waals surface area contributed by atoms with Crippen LogP contribution in [0.5, 0.6) is 0 Å². The summed E-state index contributed by atoms with van der Waals surface area (Å²) in [7, 11) is 1.56. The molecule has 104 valence electrons. The van der Waals surface area contributed by atoms with Crippen molar-refractivity contribution in [2.24, 2.45) is 0 Å². The highest BCUT2D eigenvalue weighted by Crippen LogP contribution is 2.23. The standard InChI is InChI=1S/C12H15ClN2O4/c1-3-19-7-6-14(2)12(16)10-8-9(13)4-5-11(10)15(17)18/h4-5,8H,3,6-7H2,1-2H3. The first-order chi connectivity index (χ1) is 8.97. The number of nitro groups is 1. The van der Waals surface area contributed by atoms with Crippen LogP contribution in [0, 0.1) is 10.1 Å². The second-order valence-corrected chi connectivity index (χ2v) is 4.28. The fourth-order valence-electron chi connectivity index (χ4n) is 1.49. The van der Waals surface area contributed by atoms with E-state index in [0.717, 1.165) is 0 Å². The van der Waals surface area contributed by atoms with Gasteiger partial charge in [-0.2, -0.15) is 0 Å². The van der Waals surface area contributed by atoms with Gasteiger partial charge in [-0.1, -0.05) is 11.6 Å². The van der Waals surface area contributed by atoms with E-state index in [1.165, 1.54) is 23.1 Å². The molecule has 0 atom stereocenters. The zero-order chi connectivity index (χ0) is 14.4. The van der Waals surface area contributed by atoms with Gasteiger partial charge in [0.1, 0.15) is 5.56 Å². The molecule has 1 rings (SSSR count). The number of carbonyl (C=O) groups is 1. The summed E-state index contributed by atoms with van der Waals surface area (Å²) >= 11 is 5.78. The topological polar surface area (TPSA) is 72.7 Å². The van der Waals surface area contributed by atoms with Crippen LogP contribution in [0.15, 0.2) is 18.2 Å². The third-order valence-electron chi connectivity index (χ3n) is 2.51. The number of likely N-dealkylation sites (N-methyl/N-ethyl adjacent to an activating group) is 1. The summed E-state index contributed by atoms with van der Waals surface area (Å²) in [4.78, 5) is 23.8. The quantitative estimate of drug-likeness (QED) is 0.457. The Bertz CT molecular complexity index is 479. The predicted molar refractivity (Wildman–Crippen MR) is 71.6 cm³/mol. The van der Waals surface area contributed by atoms with Gasteiger partial charge in [-0.25, -0.2) is 0 Å². The van der Waals surface area contributed by atoms with Crippen molar-refractivity contribution in [2.45, 2.75) is 6.92 Å². The van der Waals surface area contributed by atoms with Gasteiger partial charge in [0, 0.05) is 31.3 Å². The van der Waals surface area contributed by atoms with Crippen molar-refractivity contribution in [2.75, 3.05) is 26.8 Å². The van der Waals surface area contributed by atoms with Crippen molar-refractivity contribution in [1.29, 1.82) is 0 Å². The van der Waals surface area contributed by atoms with E-state index in [0.29, 0.717) is 19.8 Å². The first kappa shape index (κ1) is 15.4. The number of benzene rings is 1. The molecule has 1 aromatic rings. The van der Waals surface area contributed by atoms with Crippen molar-refractivity contribution in [3.05, 3.63) is 38.9 Å². The fraction of sp³-hybridized carbons (Fsp3) is 0.417. The van der Waals surface area contributed by atoms with Crippen LogP contribution in [-0.4, -0.2) is 42.5 Å². The number of carbonyl (C=O) groups excluding carboxylic acids is 1. The maximum Gasteiger partial charge on any atom is 0.282 e. The Morgan fingerprint density at radius 2 is 2.21 bits per heavy atom. The molecule has 0 spiro atoms. The molecule has 6 nitrogen and oxygen atoms in total. The smallest absolute Gasteiger partial charge is 0.282 e. The molecule has 0 bridgehead atoms. The highest BCUT2D eigenvalue weighted by atomic mass is 35.5. The summed E-state index contributed by atoms with van der Waals surface area (Å²) < 4.78 is 5.14. The van der Waals surface area contributed by atoms with Crippen LogP contribution in [0.25, 0.3) is 0 Å². The van der Waals surface area contributed by atoms with Gasteiger partial charge < -0.3 is 9.64 Å². The third kappa shape index (κ3) is 4.18. The maximum absolute atomic E-state index is 12.1. The summed E-state index contributed by atoms with van der Waals surface area (Å²) in [6.07, 6.45) is 0. The Morgan fingerprint density at radius 3 is 2.79 bits per heavy atom. The maximum atomic E-state index is 12.1. The monoisotopic (exact) mass is 286 g/mol. The molecule has 0 fully saturated rings. The molecule has 0 radical (unpaired) electrons. The number of hydrogen-bond acceptors (Lipinski definition) is 4. The van der Waals surface area contributed by atoms with Crippen molar-refractivity contribution in [1.82, 2.24) is 4.90 Å². The summed E-state index contributed by atoms with van der Waals surface area (Å²) in [6.45, 7) is 3.15.